The molecule has 0 heterocycles. The zero-order chi connectivity index (χ0) is 14.3. The molecule has 0 radical (unpaired) electrons. The molecule has 6 rings (SSSR count). The first kappa shape index (κ1) is 13.7. The van der Waals surface area contributed by atoms with Crippen LogP contribution in [0.4, 0.5) is 0 Å². The summed E-state index contributed by atoms with van der Waals surface area (Å²) in [5, 5.41) is 0. The van der Waals surface area contributed by atoms with Gasteiger partial charge in [-0.25, -0.2) is 0 Å². The summed E-state index contributed by atoms with van der Waals surface area (Å²) in [7, 11) is 0. The van der Waals surface area contributed by atoms with Crippen LogP contribution < -0.4 is 5.73 Å². The summed E-state index contributed by atoms with van der Waals surface area (Å²) < 4.78 is -1.44. The number of alkyl halides is 8. The van der Waals surface area contributed by atoms with E-state index in [0.29, 0.717) is 0 Å². The van der Waals surface area contributed by atoms with Crippen molar-refractivity contribution in [1.29, 1.82) is 0 Å². The first-order chi connectivity index (χ1) is 8.43. The van der Waals surface area contributed by atoms with E-state index >= 15 is 0 Å². The average molecular weight is 423 g/mol. The van der Waals surface area contributed by atoms with E-state index in [-0.39, 0.29) is 6.54 Å². The quantitative estimate of drug-likeness (QED) is 0.641. The molecule has 0 saturated heterocycles. The van der Waals surface area contributed by atoms with Gasteiger partial charge in [0, 0.05) is 17.9 Å². The molecule has 6 aliphatic carbocycles. The predicted octanol–water partition coefficient (Wildman–Crippen LogP) is 3.66. The standard InChI is InChI=1S/C10H5Cl8N/c11-4-2-5(12)3(4,1-19)7(15)8(4,16)10(18,6(2,13)14)9(5,7)17/h2H,1,19H2. The zero-order valence-corrected chi connectivity index (χ0v) is 14.9. The van der Waals surface area contributed by atoms with Gasteiger partial charge in [0.2, 0.25) is 0 Å². The first-order valence-corrected chi connectivity index (χ1v) is 8.66. The lowest BCUT2D eigenvalue weighted by molar-refractivity contribution is -0.347. The van der Waals surface area contributed by atoms with Crippen LogP contribution in [-0.4, -0.2) is 40.1 Å². The highest BCUT2D eigenvalue weighted by Gasteiger charge is 3.32. The lowest BCUT2D eigenvalue weighted by atomic mass is 9.10. The van der Waals surface area contributed by atoms with Gasteiger partial charge in [0.25, 0.3) is 0 Å². The van der Waals surface area contributed by atoms with E-state index in [4.69, 9.17) is 98.5 Å². The molecule has 0 aromatic heterocycles. The van der Waals surface area contributed by atoms with Crippen LogP contribution in [0.25, 0.3) is 0 Å². The largest absolute Gasteiger partial charge is 0.330 e. The Balaban J connectivity index is 1.95. The van der Waals surface area contributed by atoms with Crippen molar-refractivity contribution in [3.05, 3.63) is 0 Å². The maximum Gasteiger partial charge on any atom is 0.147 e. The van der Waals surface area contributed by atoms with Crippen molar-refractivity contribution in [2.75, 3.05) is 6.54 Å². The van der Waals surface area contributed by atoms with Gasteiger partial charge in [-0.1, -0.05) is 23.2 Å². The zero-order valence-electron chi connectivity index (χ0n) is 8.89. The topological polar surface area (TPSA) is 26.0 Å². The number of hydrogen-bond acceptors (Lipinski definition) is 1. The molecule has 2 N–H and O–H groups in total. The van der Waals surface area contributed by atoms with Gasteiger partial charge in [0.1, 0.15) is 23.8 Å². The Hall–Kier alpha value is 2.28. The van der Waals surface area contributed by atoms with Crippen molar-refractivity contribution in [3.8, 4) is 0 Å². The minimum Gasteiger partial charge on any atom is -0.330 e. The van der Waals surface area contributed by atoms with E-state index < -0.39 is 44.9 Å². The van der Waals surface area contributed by atoms with Crippen LogP contribution >= 0.6 is 92.8 Å². The Morgan fingerprint density at radius 2 is 1.11 bits per heavy atom. The number of nitrogens with two attached hydrogens (primary N) is 1. The molecule has 0 aromatic carbocycles. The third-order valence-electron chi connectivity index (χ3n) is 6.66. The van der Waals surface area contributed by atoms with Gasteiger partial charge in [-0.3, -0.25) is 0 Å². The van der Waals surface area contributed by atoms with Crippen LogP contribution in [0.2, 0.25) is 0 Å². The van der Waals surface area contributed by atoms with Gasteiger partial charge in [-0.15, -0.1) is 69.6 Å². The molecule has 6 saturated carbocycles. The predicted molar refractivity (Wildman–Crippen MR) is 80.9 cm³/mol. The number of hydrogen-bond donors (Lipinski definition) is 1. The van der Waals surface area contributed by atoms with E-state index in [1.807, 2.05) is 0 Å². The Kier molecular flexibility index (Phi) is 1.84. The molecular weight excluding hydrogens is 418 g/mol. The van der Waals surface area contributed by atoms with Gasteiger partial charge in [0.05, 0.1) is 9.75 Å². The smallest absolute Gasteiger partial charge is 0.147 e. The lowest BCUT2D eigenvalue weighted by Crippen LogP contribution is -3.23. The number of halogens is 8. The molecule has 0 aromatic rings. The molecule has 1 nitrogen and oxygen atoms in total. The van der Waals surface area contributed by atoms with E-state index in [9.17, 15) is 0 Å². The van der Waals surface area contributed by atoms with Crippen molar-refractivity contribution >= 4 is 92.8 Å². The fraction of sp³-hybridized carbons (Fsp3) is 1.00. The molecule has 4 atom stereocenters. The molecule has 6 fully saturated rings. The Morgan fingerprint density at radius 3 is 1.47 bits per heavy atom. The molecule has 9 heteroatoms. The van der Waals surface area contributed by atoms with E-state index in [2.05, 4.69) is 0 Å². The Labute approximate surface area is 149 Å². The molecule has 2 bridgehead atoms. The normalized spacial score (nSPS) is 83.5. The second-order valence-corrected chi connectivity index (χ2v) is 11.1. The summed E-state index contributed by atoms with van der Waals surface area (Å²) >= 11 is 53.3. The molecule has 106 valence electrons. The highest BCUT2D eigenvalue weighted by Crippen LogP contribution is 3.16. The summed E-state index contributed by atoms with van der Waals surface area (Å²) in [6.07, 6.45) is 0. The van der Waals surface area contributed by atoms with E-state index in [0.717, 1.165) is 0 Å². The SMILES string of the molecule is NCC12C3(Cl)C4C(Cl)(Cl)C5(Cl)C3(Cl)C1(Cl)C5(Cl)C42Cl. The lowest BCUT2D eigenvalue weighted by Gasteiger charge is -3.05. The van der Waals surface area contributed by atoms with Crippen molar-refractivity contribution in [2.24, 2.45) is 17.1 Å². The van der Waals surface area contributed by atoms with Crippen molar-refractivity contribution < 1.29 is 0 Å². The van der Waals surface area contributed by atoms with Gasteiger partial charge in [0.15, 0.2) is 0 Å². The Bertz CT molecular complexity index is 574. The maximum absolute atomic E-state index is 6.77. The Morgan fingerprint density at radius 1 is 0.684 bits per heavy atom. The fourth-order valence-corrected chi connectivity index (χ4v) is 13.9. The van der Waals surface area contributed by atoms with Crippen LogP contribution in [0.3, 0.4) is 0 Å². The van der Waals surface area contributed by atoms with Gasteiger partial charge in [-0.05, 0) is 0 Å². The van der Waals surface area contributed by atoms with E-state index in [1.165, 1.54) is 0 Å². The van der Waals surface area contributed by atoms with Crippen molar-refractivity contribution in [3.63, 3.8) is 0 Å². The van der Waals surface area contributed by atoms with E-state index in [1.54, 1.807) is 0 Å². The molecular formula is C10H5Cl8N. The average Bonchev–Trinajstić information content (AvgIpc) is 2.41. The molecule has 6 aliphatic rings. The monoisotopic (exact) mass is 419 g/mol. The minimum atomic E-state index is -1.44. The molecule has 0 amide bonds. The van der Waals surface area contributed by atoms with Crippen LogP contribution in [-0.2, 0) is 0 Å². The fourth-order valence-electron chi connectivity index (χ4n) is 6.39. The number of rotatable bonds is 1. The first-order valence-electron chi connectivity index (χ1n) is 5.64. The minimum absolute atomic E-state index is 0.166. The second-order valence-electron chi connectivity index (χ2n) is 6.22. The molecule has 0 aliphatic heterocycles. The maximum atomic E-state index is 6.77. The highest BCUT2D eigenvalue weighted by molar-refractivity contribution is 6.72. The van der Waals surface area contributed by atoms with Crippen LogP contribution in [0.1, 0.15) is 0 Å². The van der Waals surface area contributed by atoms with Crippen LogP contribution in [0.15, 0.2) is 0 Å². The van der Waals surface area contributed by atoms with Crippen molar-refractivity contribution in [1.82, 2.24) is 0 Å². The van der Waals surface area contributed by atoms with Gasteiger partial charge >= 0.3 is 0 Å². The summed E-state index contributed by atoms with van der Waals surface area (Å²) in [4.78, 5) is -6.87. The molecule has 19 heavy (non-hydrogen) atoms. The van der Waals surface area contributed by atoms with Crippen LogP contribution in [0, 0.1) is 11.3 Å². The van der Waals surface area contributed by atoms with Gasteiger partial charge < -0.3 is 5.73 Å². The second kappa shape index (κ2) is 2.56. The third kappa shape index (κ3) is 0.528. The summed E-state index contributed by atoms with van der Waals surface area (Å²) in [5.41, 5.74) is 5.12. The molecule has 4 unspecified atom stereocenters. The third-order valence-corrected chi connectivity index (χ3v) is 13.6. The highest BCUT2D eigenvalue weighted by atomic mass is 35.5. The van der Waals surface area contributed by atoms with Crippen LogP contribution in [0.5, 0.6) is 0 Å². The summed E-state index contributed by atoms with van der Waals surface area (Å²) in [6.45, 7) is 0.166. The van der Waals surface area contributed by atoms with Gasteiger partial charge in [-0.2, -0.15) is 0 Å². The summed E-state index contributed by atoms with van der Waals surface area (Å²) in [6, 6.07) is 0. The molecule has 0 spiro atoms. The van der Waals surface area contributed by atoms with Crippen molar-refractivity contribution in [2.45, 2.75) is 33.6 Å². The summed E-state index contributed by atoms with van der Waals surface area (Å²) in [5.74, 6) is -0.546.